The van der Waals surface area contributed by atoms with E-state index in [4.69, 9.17) is 18.3 Å². The van der Waals surface area contributed by atoms with Crippen LogP contribution in [0.5, 0.6) is 11.5 Å². The fraction of sp³-hybridized carbons (Fsp3) is 0.182. The maximum Gasteiger partial charge on any atom is 0.194 e. The second kappa shape index (κ2) is 8.00. The lowest BCUT2D eigenvalue weighted by Gasteiger charge is -1.96. The number of methoxy groups -OCH3 is 2. The second-order valence-corrected chi connectivity index (χ2v) is 6.14. The van der Waals surface area contributed by atoms with E-state index in [1.807, 2.05) is 24.3 Å². The van der Waals surface area contributed by atoms with Crippen molar-refractivity contribution < 1.29 is 27.9 Å². The van der Waals surface area contributed by atoms with E-state index >= 15 is 0 Å². The summed E-state index contributed by atoms with van der Waals surface area (Å²) in [6.45, 7) is 2.96. The molecule has 0 unspecified atom stereocenters. The van der Waals surface area contributed by atoms with Gasteiger partial charge >= 0.3 is 0 Å². The minimum atomic E-state index is -0.0693. The smallest absolute Gasteiger partial charge is 0.194 e. The van der Waals surface area contributed by atoms with Crippen LogP contribution in [0.4, 0.5) is 0 Å². The number of hydrogen-bond donors (Lipinski definition) is 0. The average Bonchev–Trinajstić information content (AvgIpc) is 3.31. The molecule has 2 heterocycles. The summed E-state index contributed by atoms with van der Waals surface area (Å²) < 4.78 is 20.8. The van der Waals surface area contributed by atoms with Crippen LogP contribution in [0.3, 0.4) is 0 Å². The number of hydrogen-bond acceptors (Lipinski definition) is 6. The molecule has 2 aromatic carbocycles. The van der Waals surface area contributed by atoms with Gasteiger partial charge in [0.15, 0.2) is 23.1 Å². The first-order valence-corrected chi connectivity index (χ1v) is 8.58. The zero-order chi connectivity index (χ0) is 20.3. The highest BCUT2D eigenvalue weighted by molar-refractivity contribution is 5.96. The fourth-order valence-electron chi connectivity index (χ4n) is 2.62. The van der Waals surface area contributed by atoms with E-state index in [9.17, 15) is 9.59 Å². The number of carbonyl (C=O) groups excluding carboxylic acids is 2. The lowest BCUT2D eigenvalue weighted by Crippen LogP contribution is -1.85. The van der Waals surface area contributed by atoms with E-state index in [-0.39, 0.29) is 11.6 Å². The maximum absolute atomic E-state index is 11.0. The molecule has 2 aromatic heterocycles. The number of benzene rings is 2. The number of carbonyl (C=O) groups is 2. The van der Waals surface area contributed by atoms with Crippen molar-refractivity contribution in [1.29, 1.82) is 0 Å². The van der Waals surface area contributed by atoms with Gasteiger partial charge in [0, 0.05) is 36.8 Å². The zero-order valence-electron chi connectivity index (χ0n) is 16.1. The average molecular weight is 380 g/mol. The molecule has 0 saturated carbocycles. The van der Waals surface area contributed by atoms with Gasteiger partial charge in [-0.2, -0.15) is 0 Å². The molecule has 0 saturated heterocycles. The van der Waals surface area contributed by atoms with E-state index in [0.29, 0.717) is 22.7 Å². The third kappa shape index (κ3) is 4.06. The molecule has 4 aromatic rings. The molecule has 0 radical (unpaired) electrons. The summed E-state index contributed by atoms with van der Waals surface area (Å²) in [5.74, 6) is 2.07. The van der Waals surface area contributed by atoms with Crippen molar-refractivity contribution in [2.24, 2.45) is 0 Å². The number of fused-ring (bicyclic) bond motifs is 2. The highest BCUT2D eigenvalue weighted by atomic mass is 16.5. The molecule has 0 atom stereocenters. The Kier molecular flexibility index (Phi) is 5.49. The van der Waals surface area contributed by atoms with Gasteiger partial charge in [0.2, 0.25) is 0 Å². The van der Waals surface area contributed by atoms with Crippen molar-refractivity contribution in [2.75, 3.05) is 14.2 Å². The Hall–Kier alpha value is -3.54. The van der Waals surface area contributed by atoms with Crippen LogP contribution in [0.2, 0.25) is 0 Å². The lowest BCUT2D eigenvalue weighted by molar-refractivity contribution is 0.0981. The molecule has 0 aliphatic rings. The first kappa shape index (κ1) is 19.2. The van der Waals surface area contributed by atoms with Crippen molar-refractivity contribution in [2.45, 2.75) is 13.8 Å². The molecule has 0 aliphatic carbocycles. The Labute approximate surface area is 161 Å². The number of rotatable bonds is 4. The van der Waals surface area contributed by atoms with Gasteiger partial charge < -0.3 is 18.3 Å². The predicted molar refractivity (Wildman–Crippen MR) is 106 cm³/mol. The molecule has 28 heavy (non-hydrogen) atoms. The summed E-state index contributed by atoms with van der Waals surface area (Å²) in [5.41, 5.74) is 1.35. The molecule has 0 bridgehead atoms. The van der Waals surface area contributed by atoms with Crippen LogP contribution in [0.25, 0.3) is 21.9 Å². The molecular weight excluding hydrogens is 360 g/mol. The van der Waals surface area contributed by atoms with Crippen LogP contribution in [0, 0.1) is 0 Å². The minimum Gasteiger partial charge on any atom is -0.497 e. The van der Waals surface area contributed by atoms with Crippen molar-refractivity contribution in [1.82, 2.24) is 0 Å². The van der Waals surface area contributed by atoms with Gasteiger partial charge in [-0.25, -0.2) is 0 Å². The highest BCUT2D eigenvalue weighted by Gasteiger charge is 2.08. The highest BCUT2D eigenvalue weighted by Crippen LogP contribution is 2.25. The summed E-state index contributed by atoms with van der Waals surface area (Å²) in [7, 11) is 3.19. The molecule has 6 nitrogen and oxygen atoms in total. The van der Waals surface area contributed by atoms with Crippen molar-refractivity contribution in [3.05, 3.63) is 60.1 Å². The summed E-state index contributed by atoms with van der Waals surface area (Å²) in [6.07, 6.45) is 0. The van der Waals surface area contributed by atoms with E-state index in [1.54, 1.807) is 38.5 Å². The van der Waals surface area contributed by atoms with Gasteiger partial charge in [-0.3, -0.25) is 9.59 Å². The molecule has 0 amide bonds. The predicted octanol–water partition coefficient (Wildman–Crippen LogP) is 5.29. The Morgan fingerprint density at radius 3 is 1.39 bits per heavy atom. The van der Waals surface area contributed by atoms with Gasteiger partial charge in [0.25, 0.3) is 0 Å². The maximum atomic E-state index is 11.0. The standard InChI is InChI=1S/2C11H10O3/c2*1-7(12)10-5-8-3-4-9(13-2)6-11(8)14-10/h2*3-6H,1-2H3. The van der Waals surface area contributed by atoms with Crippen LogP contribution >= 0.6 is 0 Å². The third-order valence-electron chi connectivity index (χ3n) is 4.15. The lowest BCUT2D eigenvalue weighted by atomic mass is 10.2. The largest absolute Gasteiger partial charge is 0.497 e. The van der Waals surface area contributed by atoms with E-state index in [1.165, 1.54) is 13.8 Å². The molecule has 0 aliphatic heterocycles. The van der Waals surface area contributed by atoms with Crippen LogP contribution in [-0.4, -0.2) is 25.8 Å². The summed E-state index contributed by atoms with van der Waals surface area (Å²) in [4.78, 5) is 22.1. The second-order valence-electron chi connectivity index (χ2n) is 6.14. The van der Waals surface area contributed by atoms with E-state index < -0.39 is 0 Å². The topological polar surface area (TPSA) is 78.9 Å². The normalized spacial score (nSPS) is 10.4. The fourth-order valence-corrected chi connectivity index (χ4v) is 2.62. The first-order chi connectivity index (χ1) is 13.4. The number of ether oxygens (including phenoxy) is 2. The van der Waals surface area contributed by atoms with Crippen molar-refractivity contribution in [3.8, 4) is 11.5 Å². The number of ketones is 2. The summed E-state index contributed by atoms with van der Waals surface area (Å²) in [5, 5.41) is 1.83. The van der Waals surface area contributed by atoms with E-state index in [0.717, 1.165) is 22.3 Å². The number of furan rings is 2. The zero-order valence-corrected chi connectivity index (χ0v) is 16.1. The summed E-state index contributed by atoms with van der Waals surface area (Å²) >= 11 is 0. The minimum absolute atomic E-state index is 0.0693. The van der Waals surface area contributed by atoms with Crippen LogP contribution < -0.4 is 9.47 Å². The van der Waals surface area contributed by atoms with Crippen molar-refractivity contribution >= 4 is 33.5 Å². The van der Waals surface area contributed by atoms with Gasteiger partial charge in [-0.15, -0.1) is 0 Å². The van der Waals surface area contributed by atoms with Gasteiger partial charge in [-0.05, 0) is 36.4 Å². The van der Waals surface area contributed by atoms with Crippen LogP contribution in [0.1, 0.15) is 35.0 Å². The van der Waals surface area contributed by atoms with Gasteiger partial charge in [0.1, 0.15) is 22.7 Å². The summed E-state index contributed by atoms with van der Waals surface area (Å²) in [6, 6.07) is 14.4. The van der Waals surface area contributed by atoms with Crippen LogP contribution in [0.15, 0.2) is 57.4 Å². The van der Waals surface area contributed by atoms with Crippen molar-refractivity contribution in [3.63, 3.8) is 0 Å². The number of Topliss-reactive ketones (excluding diaryl/α,β-unsaturated/α-hetero) is 2. The molecule has 0 N–H and O–H groups in total. The molecular formula is C22H20O6. The van der Waals surface area contributed by atoms with E-state index in [2.05, 4.69) is 0 Å². The van der Waals surface area contributed by atoms with Crippen LogP contribution in [-0.2, 0) is 0 Å². The monoisotopic (exact) mass is 380 g/mol. The van der Waals surface area contributed by atoms with Gasteiger partial charge in [0.05, 0.1) is 14.2 Å². The molecule has 144 valence electrons. The quantitative estimate of drug-likeness (QED) is 0.448. The Morgan fingerprint density at radius 1 is 0.679 bits per heavy atom. The molecule has 0 fully saturated rings. The Morgan fingerprint density at radius 2 is 1.07 bits per heavy atom. The molecule has 6 heteroatoms. The Balaban J connectivity index is 0.000000161. The first-order valence-electron chi connectivity index (χ1n) is 8.58. The SMILES string of the molecule is COc1ccc2cc(C(C)=O)oc2c1.COc1ccc2cc(C(C)=O)oc2c1. The molecule has 4 rings (SSSR count). The molecule has 0 spiro atoms. The van der Waals surface area contributed by atoms with Gasteiger partial charge in [-0.1, -0.05) is 0 Å². The third-order valence-corrected chi connectivity index (χ3v) is 4.15. The Bertz CT molecular complexity index is 1060.